The van der Waals surface area contributed by atoms with Gasteiger partial charge in [0, 0.05) is 22.2 Å². The van der Waals surface area contributed by atoms with Crippen molar-refractivity contribution in [3.8, 4) is 0 Å². The minimum Gasteiger partial charge on any atom is -0.462 e. The first-order valence-electron chi connectivity index (χ1n) is 12.3. The minimum absolute atomic E-state index is 0.0191. The molecule has 1 aromatic heterocycles. The molecule has 2 amide bonds. The lowest BCUT2D eigenvalue weighted by molar-refractivity contribution is -0.117. The third kappa shape index (κ3) is 5.43. The fourth-order valence-electron chi connectivity index (χ4n) is 4.94. The van der Waals surface area contributed by atoms with Crippen LogP contribution in [-0.4, -0.2) is 41.9 Å². The molecule has 7 nitrogen and oxygen atoms in total. The molecule has 1 heterocycles. The van der Waals surface area contributed by atoms with Crippen LogP contribution in [0.15, 0.2) is 24.3 Å². The summed E-state index contributed by atoms with van der Waals surface area (Å²) in [6.07, 6.45) is 8.83. The molecule has 1 saturated carbocycles. The summed E-state index contributed by atoms with van der Waals surface area (Å²) in [5.41, 5.74) is 8.39. The average Bonchev–Trinajstić information content (AvgIpc) is 3.21. The van der Waals surface area contributed by atoms with Crippen LogP contribution in [0.3, 0.4) is 0 Å². The van der Waals surface area contributed by atoms with Crippen molar-refractivity contribution in [1.29, 1.82) is 0 Å². The summed E-state index contributed by atoms with van der Waals surface area (Å²) in [5, 5.41) is 3.50. The van der Waals surface area contributed by atoms with Gasteiger partial charge in [0.1, 0.15) is 11.5 Å². The number of hydrogen-bond donors (Lipinski definition) is 2. The van der Waals surface area contributed by atoms with Crippen molar-refractivity contribution < 1.29 is 19.1 Å². The molecule has 182 valence electrons. The van der Waals surface area contributed by atoms with E-state index in [-0.39, 0.29) is 37.0 Å². The van der Waals surface area contributed by atoms with E-state index in [2.05, 4.69) is 5.32 Å². The molecule has 2 aliphatic rings. The number of carbonyl (C=O) groups is 3. The number of amides is 2. The van der Waals surface area contributed by atoms with Gasteiger partial charge in [-0.25, -0.2) is 4.79 Å². The molecular weight excluding hydrogens is 450 g/mol. The molecule has 0 radical (unpaired) electrons. The van der Waals surface area contributed by atoms with Crippen LogP contribution in [0.5, 0.6) is 0 Å². The summed E-state index contributed by atoms with van der Waals surface area (Å²) in [7, 11) is 0. The molecule has 34 heavy (non-hydrogen) atoms. The van der Waals surface area contributed by atoms with E-state index in [0.717, 1.165) is 68.2 Å². The second-order valence-electron chi connectivity index (χ2n) is 9.03. The fraction of sp³-hybridized carbons (Fsp3) is 0.500. The summed E-state index contributed by atoms with van der Waals surface area (Å²) < 4.78 is 5.30. The number of esters is 1. The van der Waals surface area contributed by atoms with Gasteiger partial charge in [0.25, 0.3) is 5.91 Å². The highest BCUT2D eigenvalue weighted by Crippen LogP contribution is 2.38. The highest BCUT2D eigenvalue weighted by Gasteiger charge is 2.31. The largest absolute Gasteiger partial charge is 0.462 e. The monoisotopic (exact) mass is 483 g/mol. The number of nitrogens with two attached hydrogens (primary N) is 1. The van der Waals surface area contributed by atoms with Crippen LogP contribution in [0.25, 0.3) is 0 Å². The zero-order valence-corrected chi connectivity index (χ0v) is 20.5. The van der Waals surface area contributed by atoms with Crippen molar-refractivity contribution in [3.05, 3.63) is 45.8 Å². The van der Waals surface area contributed by atoms with Gasteiger partial charge in [-0.2, -0.15) is 0 Å². The Hall–Kier alpha value is -2.87. The third-order valence-electron chi connectivity index (χ3n) is 6.65. The number of nitrogen functional groups attached to an aromatic ring is 1. The van der Waals surface area contributed by atoms with Gasteiger partial charge >= 0.3 is 5.97 Å². The fourth-order valence-corrected chi connectivity index (χ4v) is 6.24. The molecule has 4 rings (SSSR count). The van der Waals surface area contributed by atoms with E-state index in [1.807, 2.05) is 0 Å². The number of nitrogens with zero attached hydrogens (tertiary/aromatic N) is 1. The summed E-state index contributed by atoms with van der Waals surface area (Å²) in [6, 6.07) is 6.84. The predicted octanol–water partition coefficient (Wildman–Crippen LogP) is 4.80. The first-order valence-corrected chi connectivity index (χ1v) is 13.1. The molecule has 1 aromatic carbocycles. The topological polar surface area (TPSA) is 102 Å². The second-order valence-corrected chi connectivity index (χ2v) is 10.1. The Labute approximate surface area is 204 Å². The van der Waals surface area contributed by atoms with Gasteiger partial charge in [-0.15, -0.1) is 11.3 Å². The van der Waals surface area contributed by atoms with E-state index < -0.39 is 0 Å². The molecule has 0 atom stereocenters. The summed E-state index contributed by atoms with van der Waals surface area (Å²) in [5.74, 6) is -0.851. The van der Waals surface area contributed by atoms with Crippen LogP contribution >= 0.6 is 11.3 Å². The lowest BCUT2D eigenvalue weighted by Gasteiger charge is -2.34. The number of fused-ring (bicyclic) bond motifs is 1. The quantitative estimate of drug-likeness (QED) is 0.435. The molecule has 8 heteroatoms. The molecule has 0 spiro atoms. The Morgan fingerprint density at radius 1 is 1.06 bits per heavy atom. The lowest BCUT2D eigenvalue weighted by atomic mass is 9.93. The Morgan fingerprint density at radius 2 is 1.76 bits per heavy atom. The Balaban J connectivity index is 1.56. The van der Waals surface area contributed by atoms with Gasteiger partial charge in [-0.05, 0) is 75.3 Å². The first kappa shape index (κ1) is 24.3. The van der Waals surface area contributed by atoms with Crippen molar-refractivity contribution in [1.82, 2.24) is 4.90 Å². The Morgan fingerprint density at radius 3 is 2.47 bits per heavy atom. The van der Waals surface area contributed by atoms with E-state index in [4.69, 9.17) is 10.5 Å². The number of thiophene rings is 1. The molecule has 0 aliphatic heterocycles. The van der Waals surface area contributed by atoms with Crippen molar-refractivity contribution in [2.75, 3.05) is 24.2 Å². The Kier molecular flexibility index (Phi) is 7.88. The van der Waals surface area contributed by atoms with E-state index >= 15 is 0 Å². The van der Waals surface area contributed by atoms with Crippen LogP contribution in [-0.2, 0) is 22.4 Å². The van der Waals surface area contributed by atoms with Crippen LogP contribution in [0.1, 0.15) is 83.0 Å². The van der Waals surface area contributed by atoms with Crippen molar-refractivity contribution in [3.63, 3.8) is 0 Å². The van der Waals surface area contributed by atoms with Crippen molar-refractivity contribution >= 4 is 39.8 Å². The van der Waals surface area contributed by atoms with E-state index in [1.165, 1.54) is 11.3 Å². The van der Waals surface area contributed by atoms with E-state index in [1.54, 1.807) is 36.1 Å². The number of carbonyl (C=O) groups excluding carboxylic acids is 3. The van der Waals surface area contributed by atoms with Gasteiger partial charge < -0.3 is 20.7 Å². The van der Waals surface area contributed by atoms with Gasteiger partial charge in [-0.1, -0.05) is 19.3 Å². The van der Waals surface area contributed by atoms with Crippen molar-refractivity contribution in [2.45, 2.75) is 70.8 Å². The molecule has 2 aromatic rings. The van der Waals surface area contributed by atoms with Crippen molar-refractivity contribution in [2.24, 2.45) is 0 Å². The van der Waals surface area contributed by atoms with Crippen LogP contribution in [0, 0.1) is 0 Å². The maximum atomic E-state index is 13.4. The van der Waals surface area contributed by atoms with Gasteiger partial charge in [-0.3, -0.25) is 9.59 Å². The molecule has 0 unspecified atom stereocenters. The lowest BCUT2D eigenvalue weighted by Crippen LogP contribution is -2.45. The molecule has 1 fully saturated rings. The number of ether oxygens (including phenoxy) is 1. The number of hydrogen-bond acceptors (Lipinski definition) is 6. The van der Waals surface area contributed by atoms with E-state index in [9.17, 15) is 14.4 Å². The number of aryl methyl sites for hydroxylation is 1. The molecule has 3 N–H and O–H groups in total. The standard InChI is InChI=1S/C26H33N3O4S/c1-2-33-26(32)23-20-10-6-7-11-21(20)34-24(23)28-22(30)16-29(19-8-4-3-5-9-19)25(31)17-12-14-18(27)15-13-17/h12-15,19H,2-11,16,27H2,1H3,(H,28,30). The minimum atomic E-state index is -0.390. The second kappa shape index (κ2) is 11.0. The number of rotatable bonds is 7. The summed E-state index contributed by atoms with van der Waals surface area (Å²) >= 11 is 1.46. The number of anilines is 2. The van der Waals surface area contributed by atoms with E-state index in [0.29, 0.717) is 21.8 Å². The third-order valence-corrected chi connectivity index (χ3v) is 7.86. The zero-order valence-electron chi connectivity index (χ0n) is 19.7. The normalized spacial score (nSPS) is 15.9. The highest BCUT2D eigenvalue weighted by atomic mass is 32.1. The Bertz CT molecular complexity index is 1040. The maximum Gasteiger partial charge on any atom is 0.341 e. The maximum absolute atomic E-state index is 13.4. The molecule has 0 bridgehead atoms. The molecule has 2 aliphatic carbocycles. The van der Waals surface area contributed by atoms with Crippen LogP contribution in [0.2, 0.25) is 0 Å². The summed E-state index contributed by atoms with van der Waals surface area (Å²) in [6.45, 7) is 2.00. The smallest absolute Gasteiger partial charge is 0.341 e. The highest BCUT2D eigenvalue weighted by molar-refractivity contribution is 7.17. The van der Waals surface area contributed by atoms with Gasteiger partial charge in [0.15, 0.2) is 0 Å². The van der Waals surface area contributed by atoms with Crippen LogP contribution in [0.4, 0.5) is 10.7 Å². The van der Waals surface area contributed by atoms with Gasteiger partial charge in [0.05, 0.1) is 12.2 Å². The summed E-state index contributed by atoms with van der Waals surface area (Å²) in [4.78, 5) is 42.2. The number of benzene rings is 1. The van der Waals surface area contributed by atoms with Crippen LogP contribution < -0.4 is 11.1 Å². The van der Waals surface area contributed by atoms with Gasteiger partial charge in [0.2, 0.25) is 5.91 Å². The first-order chi connectivity index (χ1) is 16.5. The number of nitrogens with one attached hydrogen (secondary N) is 1. The molecule has 0 saturated heterocycles. The molecular formula is C26H33N3O4S. The predicted molar refractivity (Wildman–Crippen MR) is 134 cm³/mol. The SMILES string of the molecule is CCOC(=O)c1c(NC(=O)CN(C(=O)c2ccc(N)cc2)C2CCCCC2)sc2c1CCCC2. The average molecular weight is 484 g/mol. The zero-order chi connectivity index (χ0) is 24.1.